The summed E-state index contributed by atoms with van der Waals surface area (Å²) in [6.45, 7) is 6.08. The Hall–Kier alpha value is -2.04. The smallest absolute Gasteiger partial charge is 0.338 e. The van der Waals surface area contributed by atoms with E-state index in [9.17, 15) is 9.59 Å². The minimum absolute atomic E-state index is 0.00194. The monoisotopic (exact) mass is 262 g/mol. The SMILES string of the molecule is CCOC(=O)c1ccc2c(c1)NCCN(CC)C2=O. The Kier molecular flexibility index (Phi) is 4.04. The fraction of sp³-hybridized carbons (Fsp3) is 0.429. The predicted octanol–water partition coefficient (Wildman–Crippen LogP) is 1.75. The molecule has 1 heterocycles. The number of benzene rings is 1. The topological polar surface area (TPSA) is 58.6 Å². The molecule has 0 atom stereocenters. The fourth-order valence-corrected chi connectivity index (χ4v) is 2.12. The van der Waals surface area contributed by atoms with Gasteiger partial charge in [-0.3, -0.25) is 4.79 Å². The molecule has 0 fully saturated rings. The van der Waals surface area contributed by atoms with Crippen molar-refractivity contribution in [1.29, 1.82) is 0 Å². The van der Waals surface area contributed by atoms with Crippen LogP contribution in [0.3, 0.4) is 0 Å². The summed E-state index contributed by atoms with van der Waals surface area (Å²) >= 11 is 0. The van der Waals surface area contributed by atoms with Crippen molar-refractivity contribution < 1.29 is 14.3 Å². The third-order valence-corrected chi connectivity index (χ3v) is 3.13. The molecule has 0 aromatic heterocycles. The predicted molar refractivity (Wildman–Crippen MR) is 72.5 cm³/mol. The lowest BCUT2D eigenvalue weighted by molar-refractivity contribution is 0.0526. The summed E-state index contributed by atoms with van der Waals surface area (Å²) in [6.07, 6.45) is 0. The second-order valence-electron chi connectivity index (χ2n) is 4.29. The molecule has 1 N–H and O–H groups in total. The number of nitrogens with zero attached hydrogens (tertiary/aromatic N) is 1. The zero-order valence-corrected chi connectivity index (χ0v) is 11.2. The number of nitrogens with one attached hydrogen (secondary N) is 1. The Bertz CT molecular complexity index is 499. The van der Waals surface area contributed by atoms with Crippen LogP contribution in [-0.2, 0) is 4.74 Å². The molecule has 5 nitrogen and oxygen atoms in total. The van der Waals surface area contributed by atoms with E-state index in [1.165, 1.54) is 0 Å². The van der Waals surface area contributed by atoms with Crippen LogP contribution in [0.2, 0.25) is 0 Å². The Balaban J connectivity index is 2.33. The standard InChI is InChI=1S/C14H18N2O3/c1-3-16-8-7-15-12-9-10(14(18)19-4-2)5-6-11(12)13(16)17/h5-6,9,15H,3-4,7-8H2,1-2H3. The van der Waals surface area contributed by atoms with Gasteiger partial charge in [-0.15, -0.1) is 0 Å². The Morgan fingerprint density at radius 2 is 2.21 bits per heavy atom. The number of carbonyl (C=O) groups excluding carboxylic acids is 2. The summed E-state index contributed by atoms with van der Waals surface area (Å²) in [5, 5.41) is 3.19. The van der Waals surface area contributed by atoms with Gasteiger partial charge in [0.15, 0.2) is 0 Å². The average Bonchev–Trinajstić information content (AvgIpc) is 2.58. The Labute approximate surface area is 112 Å². The first kappa shape index (κ1) is 13.4. The van der Waals surface area contributed by atoms with Crippen molar-refractivity contribution in [1.82, 2.24) is 4.90 Å². The van der Waals surface area contributed by atoms with Crippen molar-refractivity contribution >= 4 is 17.6 Å². The number of rotatable bonds is 3. The summed E-state index contributed by atoms with van der Waals surface area (Å²) in [5.74, 6) is -0.367. The van der Waals surface area contributed by atoms with Gasteiger partial charge >= 0.3 is 5.97 Å². The van der Waals surface area contributed by atoms with Gasteiger partial charge < -0.3 is 15.0 Å². The van der Waals surface area contributed by atoms with E-state index in [4.69, 9.17) is 4.74 Å². The minimum Gasteiger partial charge on any atom is -0.462 e. The molecule has 0 bridgehead atoms. The second kappa shape index (κ2) is 5.73. The van der Waals surface area contributed by atoms with E-state index in [1.54, 1.807) is 30.0 Å². The maximum absolute atomic E-state index is 12.2. The molecule has 102 valence electrons. The Morgan fingerprint density at radius 1 is 1.42 bits per heavy atom. The van der Waals surface area contributed by atoms with Gasteiger partial charge in [-0.25, -0.2) is 4.79 Å². The number of anilines is 1. The number of hydrogen-bond donors (Lipinski definition) is 1. The third kappa shape index (κ3) is 2.70. The lowest BCUT2D eigenvalue weighted by Gasteiger charge is -2.17. The van der Waals surface area contributed by atoms with Crippen LogP contribution in [0, 0.1) is 0 Å². The van der Waals surface area contributed by atoms with Crippen LogP contribution in [0.25, 0.3) is 0 Å². The largest absolute Gasteiger partial charge is 0.462 e. The highest BCUT2D eigenvalue weighted by Gasteiger charge is 2.22. The molecule has 2 rings (SSSR count). The van der Waals surface area contributed by atoms with Gasteiger partial charge in [-0.1, -0.05) is 0 Å². The molecule has 0 saturated heterocycles. The lowest BCUT2D eigenvalue weighted by atomic mass is 10.1. The third-order valence-electron chi connectivity index (χ3n) is 3.13. The molecule has 0 radical (unpaired) electrons. The highest BCUT2D eigenvalue weighted by atomic mass is 16.5. The van der Waals surface area contributed by atoms with Crippen molar-refractivity contribution in [2.24, 2.45) is 0 Å². The van der Waals surface area contributed by atoms with E-state index < -0.39 is 0 Å². The summed E-state index contributed by atoms with van der Waals surface area (Å²) < 4.78 is 4.96. The molecule has 1 aromatic rings. The molecule has 1 aliphatic heterocycles. The molecule has 0 unspecified atom stereocenters. The van der Waals surface area contributed by atoms with Crippen LogP contribution < -0.4 is 5.32 Å². The number of likely N-dealkylation sites (N-methyl/N-ethyl adjacent to an activating group) is 1. The van der Waals surface area contributed by atoms with Crippen LogP contribution in [0.15, 0.2) is 18.2 Å². The zero-order chi connectivity index (χ0) is 13.8. The molecule has 1 aromatic carbocycles. The number of esters is 1. The number of ether oxygens (including phenoxy) is 1. The average molecular weight is 262 g/mol. The van der Waals surface area contributed by atoms with Crippen molar-refractivity contribution in [3.05, 3.63) is 29.3 Å². The Morgan fingerprint density at radius 3 is 2.89 bits per heavy atom. The van der Waals surface area contributed by atoms with E-state index in [1.807, 2.05) is 6.92 Å². The summed E-state index contributed by atoms with van der Waals surface area (Å²) in [6, 6.07) is 5.00. The van der Waals surface area contributed by atoms with Crippen LogP contribution in [0.4, 0.5) is 5.69 Å². The summed E-state index contributed by atoms with van der Waals surface area (Å²) in [7, 11) is 0. The maximum atomic E-state index is 12.2. The van der Waals surface area contributed by atoms with Gasteiger partial charge in [0.2, 0.25) is 0 Å². The molecule has 0 spiro atoms. The summed E-state index contributed by atoms with van der Waals surface area (Å²) in [5.41, 5.74) is 1.77. The minimum atomic E-state index is -0.365. The molecular formula is C14H18N2O3. The lowest BCUT2D eigenvalue weighted by Crippen LogP contribution is -2.32. The first-order valence-corrected chi connectivity index (χ1v) is 6.51. The number of carbonyl (C=O) groups is 2. The fourth-order valence-electron chi connectivity index (χ4n) is 2.12. The van der Waals surface area contributed by atoms with Gasteiger partial charge in [-0.05, 0) is 32.0 Å². The zero-order valence-electron chi connectivity index (χ0n) is 11.2. The molecule has 1 aliphatic rings. The first-order chi connectivity index (χ1) is 9.17. The van der Waals surface area contributed by atoms with Crippen LogP contribution in [-0.4, -0.2) is 43.0 Å². The molecule has 0 saturated carbocycles. The van der Waals surface area contributed by atoms with Crippen molar-refractivity contribution in [3.63, 3.8) is 0 Å². The number of hydrogen-bond acceptors (Lipinski definition) is 4. The van der Waals surface area contributed by atoms with Gasteiger partial charge in [0.05, 0.1) is 17.7 Å². The number of fused-ring (bicyclic) bond motifs is 1. The molecule has 5 heteroatoms. The van der Waals surface area contributed by atoms with E-state index in [-0.39, 0.29) is 11.9 Å². The first-order valence-electron chi connectivity index (χ1n) is 6.51. The van der Waals surface area contributed by atoms with Crippen LogP contribution in [0.1, 0.15) is 34.6 Å². The summed E-state index contributed by atoms with van der Waals surface area (Å²) in [4.78, 5) is 25.7. The second-order valence-corrected chi connectivity index (χ2v) is 4.29. The van der Waals surface area contributed by atoms with Crippen LogP contribution >= 0.6 is 0 Å². The van der Waals surface area contributed by atoms with E-state index >= 15 is 0 Å². The van der Waals surface area contributed by atoms with E-state index in [0.29, 0.717) is 43.1 Å². The number of amides is 1. The van der Waals surface area contributed by atoms with Gasteiger partial charge in [-0.2, -0.15) is 0 Å². The highest BCUT2D eigenvalue weighted by molar-refractivity contribution is 6.02. The van der Waals surface area contributed by atoms with Crippen molar-refractivity contribution in [2.45, 2.75) is 13.8 Å². The van der Waals surface area contributed by atoms with E-state index in [0.717, 1.165) is 0 Å². The molecule has 0 aliphatic carbocycles. The van der Waals surface area contributed by atoms with Gasteiger partial charge in [0, 0.05) is 25.3 Å². The quantitative estimate of drug-likeness (QED) is 0.843. The van der Waals surface area contributed by atoms with Crippen molar-refractivity contribution in [2.75, 3.05) is 31.6 Å². The normalized spacial score (nSPS) is 14.4. The van der Waals surface area contributed by atoms with Gasteiger partial charge in [0.1, 0.15) is 0 Å². The van der Waals surface area contributed by atoms with Gasteiger partial charge in [0.25, 0.3) is 5.91 Å². The molecule has 19 heavy (non-hydrogen) atoms. The molecule has 1 amide bonds. The maximum Gasteiger partial charge on any atom is 0.338 e. The van der Waals surface area contributed by atoms with Crippen molar-refractivity contribution in [3.8, 4) is 0 Å². The van der Waals surface area contributed by atoms with E-state index in [2.05, 4.69) is 5.32 Å². The highest BCUT2D eigenvalue weighted by Crippen LogP contribution is 2.22. The van der Waals surface area contributed by atoms with Crippen LogP contribution in [0.5, 0.6) is 0 Å². The molecular weight excluding hydrogens is 244 g/mol.